The average molecular weight is 303 g/mol. The van der Waals surface area contributed by atoms with E-state index in [1.807, 2.05) is 24.3 Å². The number of carbonyl (C=O) groups is 2. The monoisotopic (exact) mass is 303 g/mol. The van der Waals surface area contributed by atoms with Crippen molar-refractivity contribution in [1.29, 1.82) is 0 Å². The van der Waals surface area contributed by atoms with Gasteiger partial charge in [0.15, 0.2) is 5.78 Å². The predicted octanol–water partition coefficient (Wildman–Crippen LogP) is 1.65. The molecule has 3 rings (SSSR count). The van der Waals surface area contributed by atoms with Gasteiger partial charge in [-0.3, -0.25) is 14.5 Å². The van der Waals surface area contributed by atoms with Crippen LogP contribution >= 0.6 is 0 Å². The number of benzene rings is 1. The van der Waals surface area contributed by atoms with Crippen LogP contribution in [0.15, 0.2) is 24.3 Å². The zero-order chi connectivity index (χ0) is 15.7. The van der Waals surface area contributed by atoms with Crippen LogP contribution in [0.1, 0.15) is 18.4 Å². The van der Waals surface area contributed by atoms with E-state index in [1.54, 1.807) is 7.11 Å². The van der Waals surface area contributed by atoms with Gasteiger partial charge >= 0.3 is 5.97 Å². The molecular formula is C17H21NO4. The van der Waals surface area contributed by atoms with Crippen molar-refractivity contribution in [2.75, 3.05) is 20.8 Å². The number of ketones is 1. The van der Waals surface area contributed by atoms with Crippen LogP contribution in [-0.2, 0) is 20.9 Å². The topological polar surface area (TPSA) is 55.8 Å². The zero-order valence-electron chi connectivity index (χ0n) is 13.0. The molecule has 1 aromatic rings. The fourth-order valence-corrected chi connectivity index (χ4v) is 3.23. The Bertz CT molecular complexity index is 565. The number of hydrogen-bond acceptors (Lipinski definition) is 5. The molecule has 0 radical (unpaired) electrons. The molecule has 1 saturated carbocycles. The van der Waals surface area contributed by atoms with Gasteiger partial charge in [0.05, 0.1) is 20.3 Å². The van der Waals surface area contributed by atoms with Crippen molar-refractivity contribution in [2.45, 2.75) is 25.4 Å². The highest BCUT2D eigenvalue weighted by atomic mass is 16.5. The standard InChI is InChI=1S/C17H21NO4/c1-21-13-7-3-11(4-8-13)9-18-10-14(17(20)22-2)16(19)15(18)12-5-6-12/h3-4,7-8,12,14-15H,5-6,9-10H2,1-2H3. The number of likely N-dealkylation sites (tertiary alicyclic amines) is 1. The summed E-state index contributed by atoms with van der Waals surface area (Å²) in [4.78, 5) is 26.5. The molecule has 1 aliphatic carbocycles. The van der Waals surface area contributed by atoms with E-state index in [1.165, 1.54) is 7.11 Å². The first kappa shape index (κ1) is 15.0. The molecule has 1 saturated heterocycles. The summed E-state index contributed by atoms with van der Waals surface area (Å²) in [6, 6.07) is 7.69. The molecule has 0 aromatic heterocycles. The minimum atomic E-state index is -0.631. The molecule has 2 atom stereocenters. The van der Waals surface area contributed by atoms with Gasteiger partial charge in [0, 0.05) is 13.1 Å². The Morgan fingerprint density at radius 1 is 1.23 bits per heavy atom. The van der Waals surface area contributed by atoms with Gasteiger partial charge in [-0.15, -0.1) is 0 Å². The lowest BCUT2D eigenvalue weighted by Crippen LogP contribution is -2.34. The predicted molar refractivity (Wildman–Crippen MR) is 80.4 cm³/mol. The fraction of sp³-hybridized carbons (Fsp3) is 0.529. The molecule has 0 N–H and O–H groups in total. The molecule has 0 bridgehead atoms. The molecule has 22 heavy (non-hydrogen) atoms. The maximum atomic E-state index is 12.5. The second-order valence-electron chi connectivity index (χ2n) is 6.04. The van der Waals surface area contributed by atoms with Crippen LogP contribution in [0.5, 0.6) is 5.75 Å². The van der Waals surface area contributed by atoms with Crippen LogP contribution in [0.3, 0.4) is 0 Å². The normalized spacial score (nSPS) is 25.3. The summed E-state index contributed by atoms with van der Waals surface area (Å²) in [5, 5.41) is 0. The maximum absolute atomic E-state index is 12.5. The van der Waals surface area contributed by atoms with Crippen molar-refractivity contribution < 1.29 is 19.1 Å². The van der Waals surface area contributed by atoms with E-state index in [4.69, 9.17) is 9.47 Å². The minimum absolute atomic E-state index is 0.0304. The summed E-state index contributed by atoms with van der Waals surface area (Å²) in [5.41, 5.74) is 1.12. The quantitative estimate of drug-likeness (QED) is 0.611. The fourth-order valence-electron chi connectivity index (χ4n) is 3.23. The maximum Gasteiger partial charge on any atom is 0.317 e. The van der Waals surface area contributed by atoms with Crippen molar-refractivity contribution in [3.8, 4) is 5.75 Å². The van der Waals surface area contributed by atoms with Crippen LogP contribution in [0.25, 0.3) is 0 Å². The van der Waals surface area contributed by atoms with Gasteiger partial charge in [-0.25, -0.2) is 0 Å². The molecule has 0 spiro atoms. The van der Waals surface area contributed by atoms with Crippen molar-refractivity contribution in [1.82, 2.24) is 4.90 Å². The van der Waals surface area contributed by atoms with Gasteiger partial charge < -0.3 is 9.47 Å². The van der Waals surface area contributed by atoms with Crippen LogP contribution in [0, 0.1) is 11.8 Å². The lowest BCUT2D eigenvalue weighted by molar-refractivity contribution is -0.147. The van der Waals surface area contributed by atoms with Gasteiger partial charge in [-0.2, -0.15) is 0 Å². The summed E-state index contributed by atoms with van der Waals surface area (Å²) in [7, 11) is 2.98. The molecule has 1 heterocycles. The van der Waals surface area contributed by atoms with Crippen molar-refractivity contribution >= 4 is 11.8 Å². The number of esters is 1. The molecule has 118 valence electrons. The Morgan fingerprint density at radius 2 is 1.91 bits per heavy atom. The Balaban J connectivity index is 1.75. The highest BCUT2D eigenvalue weighted by Gasteiger charge is 2.50. The van der Waals surface area contributed by atoms with E-state index >= 15 is 0 Å². The molecule has 1 aromatic carbocycles. The van der Waals surface area contributed by atoms with E-state index in [9.17, 15) is 9.59 Å². The molecule has 2 unspecified atom stereocenters. The van der Waals surface area contributed by atoms with Crippen LogP contribution in [-0.4, -0.2) is 43.5 Å². The minimum Gasteiger partial charge on any atom is -0.497 e. The van der Waals surface area contributed by atoms with Gasteiger partial charge in [-0.05, 0) is 36.5 Å². The first-order valence-corrected chi connectivity index (χ1v) is 7.62. The summed E-state index contributed by atoms with van der Waals surface area (Å²) >= 11 is 0. The first-order chi connectivity index (χ1) is 10.6. The molecular weight excluding hydrogens is 282 g/mol. The van der Waals surface area contributed by atoms with E-state index in [2.05, 4.69) is 4.90 Å². The lowest BCUT2D eigenvalue weighted by atomic mass is 10.0. The molecule has 2 fully saturated rings. The number of carbonyl (C=O) groups excluding carboxylic acids is 2. The lowest BCUT2D eigenvalue weighted by Gasteiger charge is -2.22. The highest BCUT2D eigenvalue weighted by molar-refractivity contribution is 6.03. The van der Waals surface area contributed by atoms with Gasteiger partial charge in [0.2, 0.25) is 0 Å². The average Bonchev–Trinajstić information content (AvgIpc) is 3.32. The molecule has 5 nitrogen and oxygen atoms in total. The number of Topliss-reactive ketones (excluding diaryl/α,β-unsaturated/α-hetero) is 1. The third-order valence-electron chi connectivity index (χ3n) is 4.54. The Morgan fingerprint density at radius 3 is 2.45 bits per heavy atom. The Hall–Kier alpha value is -1.88. The smallest absolute Gasteiger partial charge is 0.317 e. The number of ether oxygens (including phenoxy) is 2. The number of methoxy groups -OCH3 is 2. The zero-order valence-corrected chi connectivity index (χ0v) is 13.0. The highest BCUT2D eigenvalue weighted by Crippen LogP contribution is 2.40. The van der Waals surface area contributed by atoms with Crippen molar-refractivity contribution in [3.63, 3.8) is 0 Å². The molecule has 1 aliphatic heterocycles. The van der Waals surface area contributed by atoms with Gasteiger partial charge in [0.1, 0.15) is 11.7 Å². The van der Waals surface area contributed by atoms with Gasteiger partial charge in [-0.1, -0.05) is 12.1 Å². The van der Waals surface area contributed by atoms with Crippen LogP contribution < -0.4 is 4.74 Å². The second kappa shape index (κ2) is 6.08. The summed E-state index contributed by atoms with van der Waals surface area (Å²) in [6.07, 6.45) is 2.15. The Labute approximate surface area is 130 Å². The first-order valence-electron chi connectivity index (χ1n) is 7.62. The summed E-state index contributed by atoms with van der Waals surface area (Å²) in [6.45, 7) is 1.13. The van der Waals surface area contributed by atoms with Crippen LogP contribution in [0.2, 0.25) is 0 Å². The third kappa shape index (κ3) is 2.86. The molecule has 0 amide bonds. The second-order valence-corrected chi connectivity index (χ2v) is 6.04. The summed E-state index contributed by atoms with van der Waals surface area (Å²) < 4.78 is 9.94. The van der Waals surface area contributed by atoms with Crippen molar-refractivity contribution in [2.24, 2.45) is 11.8 Å². The largest absolute Gasteiger partial charge is 0.497 e. The molecule has 2 aliphatic rings. The van der Waals surface area contributed by atoms with Crippen LogP contribution in [0.4, 0.5) is 0 Å². The Kier molecular flexibility index (Phi) is 4.16. The number of hydrogen-bond donors (Lipinski definition) is 0. The van der Waals surface area contributed by atoms with Crippen molar-refractivity contribution in [3.05, 3.63) is 29.8 Å². The number of rotatable bonds is 5. The van der Waals surface area contributed by atoms with E-state index in [-0.39, 0.29) is 11.8 Å². The third-order valence-corrected chi connectivity index (χ3v) is 4.54. The molecule has 5 heteroatoms. The SMILES string of the molecule is COC(=O)C1CN(Cc2ccc(OC)cc2)C(C2CC2)C1=O. The summed E-state index contributed by atoms with van der Waals surface area (Å²) in [5.74, 6) is 0.206. The van der Waals surface area contributed by atoms with Gasteiger partial charge in [0.25, 0.3) is 0 Å². The number of nitrogens with zero attached hydrogens (tertiary/aromatic N) is 1. The van der Waals surface area contributed by atoms with E-state index < -0.39 is 11.9 Å². The van der Waals surface area contributed by atoms with E-state index in [0.29, 0.717) is 19.0 Å². The van der Waals surface area contributed by atoms with E-state index in [0.717, 1.165) is 24.2 Å².